The van der Waals surface area contributed by atoms with E-state index in [4.69, 9.17) is 0 Å². The molecule has 0 bridgehead atoms. The molecule has 0 aromatic rings. The molecule has 8 atom stereocenters. The van der Waals surface area contributed by atoms with Crippen LogP contribution in [0.15, 0.2) is 5.16 Å². The molecule has 4 aliphatic carbocycles. The van der Waals surface area contributed by atoms with Crippen LogP contribution in [-0.4, -0.2) is 10.9 Å². The predicted molar refractivity (Wildman–Crippen MR) is 122 cm³/mol. The van der Waals surface area contributed by atoms with E-state index in [1.54, 1.807) is 0 Å². The summed E-state index contributed by atoms with van der Waals surface area (Å²) in [7, 11) is 0. The number of oxime groups is 1. The molecule has 0 saturated heterocycles. The minimum Gasteiger partial charge on any atom is -0.411 e. The number of hydrogen-bond acceptors (Lipinski definition) is 2. The lowest BCUT2D eigenvalue weighted by molar-refractivity contribution is -0.0806. The molecular formula is C27H47NO. The molecule has 8 unspecified atom stereocenters. The Hall–Kier alpha value is -0.530. The third-order valence-electron chi connectivity index (χ3n) is 10.7. The fraction of sp³-hybridized carbons (Fsp3) is 0.963. The van der Waals surface area contributed by atoms with Gasteiger partial charge in [0.05, 0.1) is 5.71 Å². The maximum absolute atomic E-state index is 9.91. The first-order chi connectivity index (χ1) is 13.8. The van der Waals surface area contributed by atoms with E-state index in [9.17, 15) is 5.21 Å². The second kappa shape index (κ2) is 8.19. The van der Waals surface area contributed by atoms with Crippen molar-refractivity contribution in [3.8, 4) is 0 Å². The molecule has 29 heavy (non-hydrogen) atoms. The maximum atomic E-state index is 9.91. The standard InChI is InChI=1S/C27H47NO/c1-18(2)9-8-10-19(3)21-12-13-22-20-17-25(28-29)24-11-6-7-15-26(24,4)23(20)14-16-27(21,22)5/h18-24,29H,6-17H2,1-5H3. The van der Waals surface area contributed by atoms with E-state index in [1.165, 1.54) is 76.3 Å². The summed E-state index contributed by atoms with van der Waals surface area (Å²) in [5.41, 5.74) is 2.09. The van der Waals surface area contributed by atoms with Gasteiger partial charge < -0.3 is 5.21 Å². The molecule has 2 nitrogen and oxygen atoms in total. The molecule has 166 valence electrons. The van der Waals surface area contributed by atoms with Gasteiger partial charge in [-0.2, -0.15) is 0 Å². The van der Waals surface area contributed by atoms with E-state index in [2.05, 4.69) is 39.8 Å². The highest BCUT2D eigenvalue weighted by Gasteiger charge is 2.61. The first kappa shape index (κ1) is 21.7. The van der Waals surface area contributed by atoms with Gasteiger partial charge in [-0.1, -0.05) is 71.9 Å². The molecule has 0 spiro atoms. The predicted octanol–water partition coefficient (Wildman–Crippen LogP) is 7.94. The number of fused-ring (bicyclic) bond motifs is 5. The van der Waals surface area contributed by atoms with Crippen molar-refractivity contribution in [2.24, 2.45) is 57.4 Å². The molecule has 2 heteroatoms. The summed E-state index contributed by atoms with van der Waals surface area (Å²) in [4.78, 5) is 0. The quantitative estimate of drug-likeness (QED) is 0.368. The number of nitrogens with zero attached hydrogens (tertiary/aromatic N) is 1. The average Bonchev–Trinajstić information content (AvgIpc) is 3.04. The summed E-state index contributed by atoms with van der Waals surface area (Å²) < 4.78 is 0. The first-order valence-corrected chi connectivity index (χ1v) is 13.0. The molecule has 4 fully saturated rings. The van der Waals surface area contributed by atoms with Crippen LogP contribution in [0.1, 0.15) is 112 Å². The second-order valence-electron chi connectivity index (χ2n) is 12.5. The number of rotatable bonds is 5. The van der Waals surface area contributed by atoms with Crippen molar-refractivity contribution in [1.29, 1.82) is 0 Å². The zero-order chi connectivity index (χ0) is 20.8. The van der Waals surface area contributed by atoms with Gasteiger partial charge in [0, 0.05) is 5.92 Å². The highest BCUT2D eigenvalue weighted by molar-refractivity contribution is 5.88. The molecule has 4 saturated carbocycles. The normalized spacial score (nSPS) is 47.0. The molecule has 0 aromatic heterocycles. The van der Waals surface area contributed by atoms with E-state index >= 15 is 0 Å². The lowest BCUT2D eigenvalue weighted by atomic mass is 9.44. The van der Waals surface area contributed by atoms with Crippen molar-refractivity contribution in [2.45, 2.75) is 112 Å². The molecule has 0 heterocycles. The van der Waals surface area contributed by atoms with E-state index < -0.39 is 0 Å². The SMILES string of the molecule is CC(C)CCCC(C)C1CCC2C3CC(=NO)C4CCCCC4(C)C3CCC12C. The van der Waals surface area contributed by atoms with Crippen LogP contribution in [0.3, 0.4) is 0 Å². The minimum atomic E-state index is 0.394. The van der Waals surface area contributed by atoms with E-state index in [-0.39, 0.29) is 0 Å². The smallest absolute Gasteiger partial charge is 0.0610 e. The van der Waals surface area contributed by atoms with Crippen LogP contribution in [0.25, 0.3) is 0 Å². The molecule has 0 amide bonds. The van der Waals surface area contributed by atoms with Crippen molar-refractivity contribution < 1.29 is 5.21 Å². The van der Waals surface area contributed by atoms with Gasteiger partial charge in [-0.05, 0) is 91.3 Å². The fourth-order valence-electron chi connectivity index (χ4n) is 9.26. The number of hydrogen-bond donors (Lipinski definition) is 1. The van der Waals surface area contributed by atoms with Gasteiger partial charge in [-0.15, -0.1) is 0 Å². The summed E-state index contributed by atoms with van der Waals surface area (Å²) in [6.07, 6.45) is 16.4. The summed E-state index contributed by atoms with van der Waals surface area (Å²) in [5.74, 6) is 5.67. The molecule has 4 rings (SSSR count). The van der Waals surface area contributed by atoms with E-state index in [0.29, 0.717) is 16.7 Å². The molecule has 1 N–H and O–H groups in total. The Morgan fingerprint density at radius 2 is 1.69 bits per heavy atom. The Morgan fingerprint density at radius 1 is 0.931 bits per heavy atom. The third kappa shape index (κ3) is 3.59. The summed E-state index contributed by atoms with van der Waals surface area (Å²) in [6, 6.07) is 0. The van der Waals surface area contributed by atoms with Crippen LogP contribution in [-0.2, 0) is 0 Å². The van der Waals surface area contributed by atoms with Gasteiger partial charge >= 0.3 is 0 Å². The summed E-state index contributed by atoms with van der Waals surface area (Å²) >= 11 is 0. The maximum Gasteiger partial charge on any atom is 0.0610 e. The molecule has 0 aliphatic heterocycles. The minimum absolute atomic E-state index is 0.394. The first-order valence-electron chi connectivity index (χ1n) is 13.0. The Bertz CT molecular complexity index is 612. The Kier molecular flexibility index (Phi) is 6.13. The highest BCUT2D eigenvalue weighted by Crippen LogP contribution is 2.68. The lowest BCUT2D eigenvalue weighted by Gasteiger charge is -2.60. The Balaban J connectivity index is 1.53. The van der Waals surface area contributed by atoms with Gasteiger partial charge in [-0.25, -0.2) is 0 Å². The van der Waals surface area contributed by atoms with E-state index in [0.717, 1.165) is 41.9 Å². The van der Waals surface area contributed by atoms with Crippen molar-refractivity contribution in [3.05, 3.63) is 0 Å². The molecule has 0 aromatic carbocycles. The van der Waals surface area contributed by atoms with Crippen molar-refractivity contribution in [1.82, 2.24) is 0 Å². The van der Waals surface area contributed by atoms with Gasteiger partial charge in [0.1, 0.15) is 0 Å². The lowest BCUT2D eigenvalue weighted by Crippen LogP contribution is -2.56. The third-order valence-corrected chi connectivity index (χ3v) is 10.7. The van der Waals surface area contributed by atoms with E-state index in [1.807, 2.05) is 0 Å². The summed E-state index contributed by atoms with van der Waals surface area (Å²) in [6.45, 7) is 12.5. The molecular weight excluding hydrogens is 354 g/mol. The second-order valence-corrected chi connectivity index (χ2v) is 12.5. The van der Waals surface area contributed by atoms with Crippen molar-refractivity contribution in [2.75, 3.05) is 0 Å². The Morgan fingerprint density at radius 3 is 2.41 bits per heavy atom. The molecule has 0 radical (unpaired) electrons. The van der Waals surface area contributed by atoms with Crippen LogP contribution >= 0.6 is 0 Å². The molecule has 4 aliphatic rings. The van der Waals surface area contributed by atoms with Gasteiger partial charge in [0.2, 0.25) is 0 Å². The van der Waals surface area contributed by atoms with Crippen LogP contribution in [0.4, 0.5) is 0 Å². The van der Waals surface area contributed by atoms with Crippen LogP contribution in [0.5, 0.6) is 0 Å². The zero-order valence-corrected chi connectivity index (χ0v) is 19.9. The van der Waals surface area contributed by atoms with Crippen molar-refractivity contribution in [3.63, 3.8) is 0 Å². The fourth-order valence-corrected chi connectivity index (χ4v) is 9.26. The largest absolute Gasteiger partial charge is 0.411 e. The Labute approximate surface area is 180 Å². The monoisotopic (exact) mass is 401 g/mol. The van der Waals surface area contributed by atoms with Gasteiger partial charge in [0.15, 0.2) is 0 Å². The van der Waals surface area contributed by atoms with Crippen LogP contribution in [0, 0.1) is 52.3 Å². The average molecular weight is 402 g/mol. The van der Waals surface area contributed by atoms with Crippen LogP contribution in [0.2, 0.25) is 0 Å². The van der Waals surface area contributed by atoms with Crippen LogP contribution < -0.4 is 0 Å². The van der Waals surface area contributed by atoms with Gasteiger partial charge in [-0.3, -0.25) is 0 Å². The summed E-state index contributed by atoms with van der Waals surface area (Å²) in [5, 5.41) is 13.8. The van der Waals surface area contributed by atoms with Gasteiger partial charge in [0.25, 0.3) is 0 Å². The highest BCUT2D eigenvalue weighted by atomic mass is 16.4. The topological polar surface area (TPSA) is 32.6 Å². The zero-order valence-electron chi connectivity index (χ0n) is 19.9. The van der Waals surface area contributed by atoms with Crippen molar-refractivity contribution >= 4 is 5.71 Å².